The maximum Gasteiger partial charge on any atom is 0.335 e. The Labute approximate surface area is 126 Å². The van der Waals surface area contributed by atoms with Gasteiger partial charge in [0.15, 0.2) is 0 Å². The molecule has 110 valence electrons. The SMILES string of the molecule is Cc1ccc(C(=O)O)cc1NC(=O)N(C)Cc1ccsc1. The zero-order valence-electron chi connectivity index (χ0n) is 11.8. The van der Waals surface area contributed by atoms with Gasteiger partial charge in [0.05, 0.1) is 5.56 Å². The second-order valence-electron chi connectivity index (χ2n) is 4.75. The molecular formula is C15H16N2O3S. The molecule has 0 atom stereocenters. The van der Waals surface area contributed by atoms with Gasteiger partial charge in [-0.1, -0.05) is 6.07 Å². The minimum atomic E-state index is -1.02. The van der Waals surface area contributed by atoms with E-state index < -0.39 is 5.97 Å². The zero-order chi connectivity index (χ0) is 15.4. The van der Waals surface area contributed by atoms with E-state index in [0.717, 1.165) is 11.1 Å². The van der Waals surface area contributed by atoms with E-state index in [1.807, 2.05) is 23.8 Å². The summed E-state index contributed by atoms with van der Waals surface area (Å²) in [5.74, 6) is -1.02. The molecule has 0 bridgehead atoms. The van der Waals surface area contributed by atoms with E-state index in [2.05, 4.69) is 5.32 Å². The van der Waals surface area contributed by atoms with Crippen molar-refractivity contribution in [2.24, 2.45) is 0 Å². The number of benzene rings is 1. The molecule has 1 aromatic heterocycles. The van der Waals surface area contributed by atoms with Gasteiger partial charge in [-0.15, -0.1) is 0 Å². The van der Waals surface area contributed by atoms with E-state index in [0.29, 0.717) is 12.2 Å². The molecule has 0 aliphatic carbocycles. The molecule has 2 N–H and O–H groups in total. The first-order valence-electron chi connectivity index (χ1n) is 6.34. The summed E-state index contributed by atoms with van der Waals surface area (Å²) in [7, 11) is 1.70. The Bertz CT molecular complexity index is 653. The highest BCUT2D eigenvalue weighted by Gasteiger charge is 2.12. The number of carbonyl (C=O) groups excluding carboxylic acids is 1. The molecule has 1 heterocycles. The number of amides is 2. The number of rotatable bonds is 4. The number of anilines is 1. The minimum Gasteiger partial charge on any atom is -0.478 e. The Hall–Kier alpha value is -2.34. The lowest BCUT2D eigenvalue weighted by molar-refractivity contribution is 0.0697. The second kappa shape index (κ2) is 6.41. The van der Waals surface area contributed by atoms with Gasteiger partial charge in [0, 0.05) is 19.3 Å². The standard InChI is InChI=1S/C15H16N2O3S/c1-10-3-4-12(14(18)19)7-13(10)16-15(20)17(2)8-11-5-6-21-9-11/h3-7,9H,8H2,1-2H3,(H,16,20)(H,18,19). The second-order valence-corrected chi connectivity index (χ2v) is 5.53. The maximum absolute atomic E-state index is 12.1. The van der Waals surface area contributed by atoms with Crippen LogP contribution in [0.15, 0.2) is 35.0 Å². The molecule has 6 heteroatoms. The average Bonchev–Trinajstić information content (AvgIpc) is 2.93. The van der Waals surface area contributed by atoms with Gasteiger partial charge < -0.3 is 15.3 Å². The first-order chi connectivity index (χ1) is 9.97. The van der Waals surface area contributed by atoms with Crippen LogP contribution >= 0.6 is 11.3 Å². The van der Waals surface area contributed by atoms with Crippen molar-refractivity contribution in [1.82, 2.24) is 4.90 Å². The predicted molar refractivity (Wildman–Crippen MR) is 82.9 cm³/mol. The van der Waals surface area contributed by atoms with Crippen molar-refractivity contribution in [1.29, 1.82) is 0 Å². The smallest absolute Gasteiger partial charge is 0.335 e. The Kier molecular flexibility index (Phi) is 4.59. The lowest BCUT2D eigenvalue weighted by Crippen LogP contribution is -2.31. The Balaban J connectivity index is 2.08. The molecule has 5 nitrogen and oxygen atoms in total. The fraction of sp³-hybridized carbons (Fsp3) is 0.200. The third-order valence-corrected chi connectivity index (χ3v) is 3.80. The monoisotopic (exact) mass is 304 g/mol. The first-order valence-corrected chi connectivity index (χ1v) is 7.29. The Morgan fingerprint density at radius 2 is 2.10 bits per heavy atom. The molecule has 21 heavy (non-hydrogen) atoms. The van der Waals surface area contributed by atoms with Crippen molar-refractivity contribution >= 4 is 29.0 Å². The number of carboxylic acids is 1. The highest BCUT2D eigenvalue weighted by atomic mass is 32.1. The van der Waals surface area contributed by atoms with Gasteiger partial charge in [0.25, 0.3) is 0 Å². The zero-order valence-corrected chi connectivity index (χ0v) is 12.6. The van der Waals surface area contributed by atoms with E-state index in [-0.39, 0.29) is 11.6 Å². The molecule has 0 radical (unpaired) electrons. The fourth-order valence-electron chi connectivity index (χ4n) is 1.83. The Morgan fingerprint density at radius 1 is 1.33 bits per heavy atom. The summed E-state index contributed by atoms with van der Waals surface area (Å²) < 4.78 is 0. The van der Waals surface area contributed by atoms with Gasteiger partial charge in [0.1, 0.15) is 0 Å². The van der Waals surface area contributed by atoms with Crippen molar-refractivity contribution in [3.8, 4) is 0 Å². The number of aromatic carboxylic acids is 1. The highest BCUT2D eigenvalue weighted by Crippen LogP contribution is 2.18. The summed E-state index contributed by atoms with van der Waals surface area (Å²) in [5, 5.41) is 15.7. The number of nitrogens with one attached hydrogen (secondary N) is 1. The van der Waals surface area contributed by atoms with Crippen LogP contribution in [0.4, 0.5) is 10.5 Å². The van der Waals surface area contributed by atoms with E-state index in [4.69, 9.17) is 5.11 Å². The molecule has 2 amide bonds. The summed E-state index contributed by atoms with van der Waals surface area (Å²) >= 11 is 1.58. The van der Waals surface area contributed by atoms with Gasteiger partial charge in [-0.25, -0.2) is 9.59 Å². The Morgan fingerprint density at radius 3 is 2.71 bits per heavy atom. The van der Waals surface area contributed by atoms with Gasteiger partial charge in [-0.3, -0.25) is 0 Å². The lowest BCUT2D eigenvalue weighted by Gasteiger charge is -2.18. The summed E-state index contributed by atoms with van der Waals surface area (Å²) in [6, 6.07) is 6.35. The van der Waals surface area contributed by atoms with Crippen molar-refractivity contribution in [3.63, 3.8) is 0 Å². The van der Waals surface area contributed by atoms with Crippen LogP contribution in [-0.4, -0.2) is 29.1 Å². The molecule has 0 saturated heterocycles. The van der Waals surface area contributed by atoms with Gasteiger partial charge >= 0.3 is 12.0 Å². The van der Waals surface area contributed by atoms with Gasteiger partial charge in [-0.05, 0) is 47.0 Å². The molecule has 2 rings (SSSR count). The normalized spacial score (nSPS) is 10.2. The summed E-state index contributed by atoms with van der Waals surface area (Å²) in [4.78, 5) is 24.7. The van der Waals surface area contributed by atoms with Crippen LogP contribution < -0.4 is 5.32 Å². The van der Waals surface area contributed by atoms with Crippen LogP contribution in [0, 0.1) is 6.92 Å². The van der Waals surface area contributed by atoms with Crippen LogP contribution in [0.25, 0.3) is 0 Å². The number of aryl methyl sites for hydroxylation is 1. The fourth-order valence-corrected chi connectivity index (χ4v) is 2.49. The first kappa shape index (κ1) is 15.1. The third-order valence-electron chi connectivity index (χ3n) is 3.07. The van der Waals surface area contributed by atoms with Gasteiger partial charge in [-0.2, -0.15) is 11.3 Å². The summed E-state index contributed by atoms with van der Waals surface area (Å²) in [6.07, 6.45) is 0. The number of urea groups is 1. The average molecular weight is 304 g/mol. The van der Waals surface area contributed by atoms with Crippen molar-refractivity contribution in [2.75, 3.05) is 12.4 Å². The minimum absolute atomic E-state index is 0.149. The number of nitrogens with zero attached hydrogens (tertiary/aromatic N) is 1. The number of thiophene rings is 1. The lowest BCUT2D eigenvalue weighted by atomic mass is 10.1. The summed E-state index contributed by atoms with van der Waals surface area (Å²) in [5.41, 5.74) is 2.54. The topological polar surface area (TPSA) is 69.6 Å². The molecule has 1 aromatic carbocycles. The number of carbonyl (C=O) groups is 2. The molecule has 2 aromatic rings. The molecule has 0 aliphatic rings. The molecule has 0 fully saturated rings. The van der Waals surface area contributed by atoms with Crippen LogP contribution in [0.3, 0.4) is 0 Å². The highest BCUT2D eigenvalue weighted by molar-refractivity contribution is 7.07. The van der Waals surface area contributed by atoms with Crippen molar-refractivity contribution in [3.05, 3.63) is 51.7 Å². The van der Waals surface area contributed by atoms with E-state index >= 15 is 0 Å². The van der Waals surface area contributed by atoms with E-state index in [1.165, 1.54) is 12.1 Å². The molecular weight excluding hydrogens is 288 g/mol. The largest absolute Gasteiger partial charge is 0.478 e. The van der Waals surface area contributed by atoms with Crippen LogP contribution in [0.1, 0.15) is 21.5 Å². The van der Waals surface area contributed by atoms with E-state index in [9.17, 15) is 9.59 Å². The van der Waals surface area contributed by atoms with Gasteiger partial charge in [0.2, 0.25) is 0 Å². The quantitative estimate of drug-likeness (QED) is 0.909. The van der Waals surface area contributed by atoms with E-state index in [1.54, 1.807) is 29.4 Å². The van der Waals surface area contributed by atoms with Crippen LogP contribution in [0.2, 0.25) is 0 Å². The molecule has 0 aliphatic heterocycles. The number of hydrogen-bond acceptors (Lipinski definition) is 3. The third kappa shape index (κ3) is 3.82. The predicted octanol–water partition coefficient (Wildman–Crippen LogP) is 3.42. The van der Waals surface area contributed by atoms with Crippen LogP contribution in [0.5, 0.6) is 0 Å². The molecule has 0 spiro atoms. The van der Waals surface area contributed by atoms with Crippen molar-refractivity contribution in [2.45, 2.75) is 13.5 Å². The summed E-state index contributed by atoms with van der Waals surface area (Å²) in [6.45, 7) is 2.33. The number of hydrogen-bond donors (Lipinski definition) is 2. The van der Waals surface area contributed by atoms with Crippen LogP contribution in [-0.2, 0) is 6.54 Å². The number of carboxylic acid groups (broad SMARTS) is 1. The molecule has 0 unspecified atom stereocenters. The van der Waals surface area contributed by atoms with Crippen molar-refractivity contribution < 1.29 is 14.7 Å². The molecule has 0 saturated carbocycles. The maximum atomic E-state index is 12.1.